The molecule has 1 aromatic carbocycles. The zero-order chi connectivity index (χ0) is 14.3. The SMILES string of the molecule is CCCCOC(=O)/C=C/c1c(F)cc(OC)cc1F. The van der Waals surface area contributed by atoms with E-state index in [0.717, 1.165) is 37.1 Å². The average molecular weight is 270 g/mol. The molecule has 0 N–H and O–H groups in total. The Morgan fingerprint density at radius 1 is 1.32 bits per heavy atom. The lowest BCUT2D eigenvalue weighted by molar-refractivity contribution is -0.137. The third-order valence-corrected chi connectivity index (χ3v) is 2.42. The predicted molar refractivity (Wildman–Crippen MR) is 67.8 cm³/mol. The number of hydrogen-bond acceptors (Lipinski definition) is 3. The van der Waals surface area contributed by atoms with Crippen LogP contribution in [0.15, 0.2) is 18.2 Å². The van der Waals surface area contributed by atoms with E-state index >= 15 is 0 Å². The number of rotatable bonds is 6. The van der Waals surface area contributed by atoms with E-state index in [0.29, 0.717) is 6.61 Å². The molecular weight excluding hydrogens is 254 g/mol. The summed E-state index contributed by atoms with van der Waals surface area (Å²) in [5.74, 6) is -2.13. The van der Waals surface area contributed by atoms with Gasteiger partial charge >= 0.3 is 5.97 Å². The summed E-state index contributed by atoms with van der Waals surface area (Å²) >= 11 is 0. The number of carbonyl (C=O) groups is 1. The molecule has 0 bridgehead atoms. The van der Waals surface area contributed by atoms with Crippen molar-refractivity contribution in [3.8, 4) is 5.75 Å². The quantitative estimate of drug-likeness (QED) is 0.452. The number of ether oxygens (including phenoxy) is 2. The third-order valence-electron chi connectivity index (χ3n) is 2.42. The zero-order valence-electron chi connectivity index (χ0n) is 10.9. The minimum Gasteiger partial charge on any atom is -0.497 e. The maximum absolute atomic E-state index is 13.5. The first kappa shape index (κ1) is 15.1. The predicted octanol–water partition coefficient (Wildman–Crippen LogP) is 3.33. The van der Waals surface area contributed by atoms with Crippen LogP contribution in [0.5, 0.6) is 5.75 Å². The normalized spacial score (nSPS) is 10.7. The van der Waals surface area contributed by atoms with Crippen molar-refractivity contribution >= 4 is 12.0 Å². The van der Waals surface area contributed by atoms with Crippen molar-refractivity contribution in [1.29, 1.82) is 0 Å². The summed E-state index contributed by atoms with van der Waals surface area (Å²) in [6.07, 6.45) is 3.71. The Morgan fingerprint density at radius 2 is 1.95 bits per heavy atom. The molecule has 1 rings (SSSR count). The number of carbonyl (C=O) groups excluding carboxylic acids is 1. The van der Waals surface area contributed by atoms with Gasteiger partial charge in [0.1, 0.15) is 17.4 Å². The molecular formula is C14H16F2O3. The van der Waals surface area contributed by atoms with E-state index in [2.05, 4.69) is 0 Å². The van der Waals surface area contributed by atoms with E-state index in [1.165, 1.54) is 7.11 Å². The summed E-state index contributed by atoms with van der Waals surface area (Å²) in [5, 5.41) is 0. The molecule has 0 aliphatic heterocycles. The Bertz CT molecular complexity index is 447. The topological polar surface area (TPSA) is 35.5 Å². The summed E-state index contributed by atoms with van der Waals surface area (Å²) in [5.41, 5.74) is -0.298. The van der Waals surface area contributed by atoms with Gasteiger partial charge < -0.3 is 9.47 Å². The molecule has 0 aliphatic rings. The first-order valence-corrected chi connectivity index (χ1v) is 5.96. The number of methoxy groups -OCH3 is 1. The van der Waals surface area contributed by atoms with Gasteiger partial charge in [-0.1, -0.05) is 13.3 Å². The van der Waals surface area contributed by atoms with Gasteiger partial charge in [0.2, 0.25) is 0 Å². The van der Waals surface area contributed by atoms with Gasteiger partial charge in [0.15, 0.2) is 0 Å². The van der Waals surface area contributed by atoms with Crippen LogP contribution in [0, 0.1) is 11.6 Å². The van der Waals surface area contributed by atoms with E-state index in [4.69, 9.17) is 9.47 Å². The summed E-state index contributed by atoms with van der Waals surface area (Å²) < 4.78 is 36.6. The molecule has 0 aliphatic carbocycles. The van der Waals surface area contributed by atoms with Crippen molar-refractivity contribution < 1.29 is 23.0 Å². The van der Waals surface area contributed by atoms with E-state index in [9.17, 15) is 13.6 Å². The van der Waals surface area contributed by atoms with Crippen molar-refractivity contribution in [2.75, 3.05) is 13.7 Å². The fourth-order valence-corrected chi connectivity index (χ4v) is 1.35. The fourth-order valence-electron chi connectivity index (χ4n) is 1.35. The molecule has 104 valence electrons. The molecule has 0 unspecified atom stereocenters. The maximum atomic E-state index is 13.5. The highest BCUT2D eigenvalue weighted by atomic mass is 19.1. The molecule has 0 atom stereocenters. The Balaban J connectivity index is 2.73. The van der Waals surface area contributed by atoms with E-state index in [-0.39, 0.29) is 11.3 Å². The molecule has 0 spiro atoms. The highest BCUT2D eigenvalue weighted by Crippen LogP contribution is 2.21. The maximum Gasteiger partial charge on any atom is 0.330 e. The van der Waals surface area contributed by atoms with Crippen molar-refractivity contribution in [1.82, 2.24) is 0 Å². The second-order valence-corrected chi connectivity index (χ2v) is 3.86. The molecule has 1 aromatic rings. The van der Waals surface area contributed by atoms with Crippen LogP contribution in [0.4, 0.5) is 8.78 Å². The molecule has 0 aromatic heterocycles. The van der Waals surface area contributed by atoms with Crippen LogP contribution in [0.2, 0.25) is 0 Å². The highest BCUT2D eigenvalue weighted by Gasteiger charge is 2.09. The van der Waals surface area contributed by atoms with E-state index in [1.54, 1.807) is 0 Å². The molecule has 0 saturated carbocycles. The molecule has 19 heavy (non-hydrogen) atoms. The van der Waals surface area contributed by atoms with Crippen LogP contribution in [0.25, 0.3) is 6.08 Å². The molecule has 5 heteroatoms. The smallest absolute Gasteiger partial charge is 0.330 e. The number of esters is 1. The standard InChI is InChI=1S/C14H16F2O3/c1-3-4-7-19-14(17)6-5-11-12(15)8-10(18-2)9-13(11)16/h5-6,8-9H,3-4,7H2,1-2H3/b6-5+. The van der Waals surface area contributed by atoms with Crippen LogP contribution in [-0.4, -0.2) is 19.7 Å². The molecule has 0 fully saturated rings. The monoisotopic (exact) mass is 270 g/mol. The fraction of sp³-hybridized carbons (Fsp3) is 0.357. The highest BCUT2D eigenvalue weighted by molar-refractivity contribution is 5.87. The molecule has 0 radical (unpaired) electrons. The first-order chi connectivity index (χ1) is 9.08. The Kier molecular flexibility index (Phi) is 5.99. The van der Waals surface area contributed by atoms with Gasteiger partial charge in [0.05, 0.1) is 13.7 Å². The summed E-state index contributed by atoms with van der Waals surface area (Å²) in [4.78, 5) is 11.3. The van der Waals surface area contributed by atoms with Gasteiger partial charge in [-0.15, -0.1) is 0 Å². The number of halogens is 2. The van der Waals surface area contributed by atoms with Crippen LogP contribution in [-0.2, 0) is 9.53 Å². The van der Waals surface area contributed by atoms with Gasteiger partial charge in [0, 0.05) is 23.8 Å². The molecule has 0 saturated heterocycles. The van der Waals surface area contributed by atoms with Gasteiger partial charge in [-0.3, -0.25) is 0 Å². The van der Waals surface area contributed by atoms with E-state index < -0.39 is 17.6 Å². The Hall–Kier alpha value is -1.91. The van der Waals surface area contributed by atoms with Gasteiger partial charge in [-0.05, 0) is 12.5 Å². The first-order valence-electron chi connectivity index (χ1n) is 5.96. The summed E-state index contributed by atoms with van der Waals surface area (Å²) in [7, 11) is 1.31. The van der Waals surface area contributed by atoms with E-state index in [1.807, 2.05) is 6.92 Å². The third kappa shape index (κ3) is 4.69. The van der Waals surface area contributed by atoms with Crippen molar-refractivity contribution in [3.05, 3.63) is 35.4 Å². The van der Waals surface area contributed by atoms with Crippen molar-refractivity contribution in [2.45, 2.75) is 19.8 Å². The van der Waals surface area contributed by atoms with Crippen LogP contribution < -0.4 is 4.74 Å². The number of unbranched alkanes of at least 4 members (excludes halogenated alkanes) is 1. The molecule has 0 amide bonds. The van der Waals surface area contributed by atoms with Crippen molar-refractivity contribution in [3.63, 3.8) is 0 Å². The van der Waals surface area contributed by atoms with Crippen molar-refractivity contribution in [2.24, 2.45) is 0 Å². The second kappa shape index (κ2) is 7.51. The van der Waals surface area contributed by atoms with Gasteiger partial charge in [0.25, 0.3) is 0 Å². The average Bonchev–Trinajstić information content (AvgIpc) is 2.37. The van der Waals surface area contributed by atoms with Gasteiger partial charge in [-0.25, -0.2) is 13.6 Å². The van der Waals surface area contributed by atoms with Gasteiger partial charge in [-0.2, -0.15) is 0 Å². The van der Waals surface area contributed by atoms with Crippen LogP contribution in [0.1, 0.15) is 25.3 Å². The summed E-state index contributed by atoms with van der Waals surface area (Å²) in [6, 6.07) is 2.09. The minimum absolute atomic E-state index is 0.0812. The lowest BCUT2D eigenvalue weighted by atomic mass is 10.1. The molecule has 3 nitrogen and oxygen atoms in total. The van der Waals surface area contributed by atoms with Crippen LogP contribution >= 0.6 is 0 Å². The zero-order valence-corrected chi connectivity index (χ0v) is 10.9. The number of hydrogen-bond donors (Lipinski definition) is 0. The largest absolute Gasteiger partial charge is 0.497 e. The second-order valence-electron chi connectivity index (χ2n) is 3.86. The lowest BCUT2D eigenvalue weighted by Crippen LogP contribution is -2.02. The van der Waals surface area contributed by atoms with Crippen LogP contribution in [0.3, 0.4) is 0 Å². The Labute approximate surface area is 110 Å². The Morgan fingerprint density at radius 3 is 2.47 bits per heavy atom. The summed E-state index contributed by atoms with van der Waals surface area (Å²) in [6.45, 7) is 2.26. The number of benzene rings is 1. The molecule has 0 heterocycles. The minimum atomic E-state index is -0.797. The lowest BCUT2D eigenvalue weighted by Gasteiger charge is -2.04.